The van der Waals surface area contributed by atoms with E-state index in [1.807, 2.05) is 43.5 Å². The molecule has 2 rings (SSSR count). The molecular formula is C23H23N3O4S. The Kier molecular flexibility index (Phi) is 8.41. The second-order valence-corrected chi connectivity index (χ2v) is 7.60. The van der Waals surface area contributed by atoms with Gasteiger partial charge in [0.05, 0.1) is 5.69 Å². The smallest absolute Gasteiger partial charge is 0.349 e. The van der Waals surface area contributed by atoms with E-state index in [-0.39, 0.29) is 17.0 Å². The van der Waals surface area contributed by atoms with Crippen molar-refractivity contribution in [2.24, 2.45) is 0 Å². The molecule has 0 saturated heterocycles. The summed E-state index contributed by atoms with van der Waals surface area (Å²) >= 11 is 1.43. The number of nitrogens with zero attached hydrogens (tertiary/aromatic N) is 2. The van der Waals surface area contributed by atoms with Crippen molar-refractivity contribution in [1.82, 2.24) is 0 Å². The molecule has 1 N–H and O–H groups in total. The third-order valence-corrected chi connectivity index (χ3v) is 5.02. The maximum absolute atomic E-state index is 12.5. The number of carbonyl (C=O) groups excluding carboxylic acids is 3. The maximum atomic E-state index is 12.5. The second-order valence-electron chi connectivity index (χ2n) is 6.75. The summed E-state index contributed by atoms with van der Waals surface area (Å²) in [6.45, 7) is 0.861. The Labute approximate surface area is 185 Å². The fourth-order valence-electron chi connectivity index (χ4n) is 2.63. The Balaban J connectivity index is 2.09. The van der Waals surface area contributed by atoms with Crippen molar-refractivity contribution in [3.63, 3.8) is 0 Å². The Bertz CT molecular complexity index is 1050. The fourth-order valence-corrected chi connectivity index (χ4v) is 3.17. The number of nitrogens with one attached hydrogen (secondary N) is 1. The van der Waals surface area contributed by atoms with Gasteiger partial charge in [0.1, 0.15) is 11.6 Å². The van der Waals surface area contributed by atoms with Crippen molar-refractivity contribution >= 4 is 46.9 Å². The Morgan fingerprint density at radius 3 is 2.39 bits per heavy atom. The van der Waals surface area contributed by atoms with E-state index in [0.717, 1.165) is 10.6 Å². The van der Waals surface area contributed by atoms with Crippen LogP contribution < -0.4 is 10.2 Å². The zero-order valence-corrected chi connectivity index (χ0v) is 18.6. The minimum Gasteiger partial charge on any atom is -0.453 e. The number of ether oxygens (including phenoxy) is 1. The number of ketones is 1. The van der Waals surface area contributed by atoms with Crippen LogP contribution >= 0.6 is 11.8 Å². The lowest BCUT2D eigenvalue weighted by atomic mass is 10.1. The van der Waals surface area contributed by atoms with Crippen LogP contribution in [0.2, 0.25) is 0 Å². The molecule has 0 aliphatic heterocycles. The predicted octanol–water partition coefficient (Wildman–Crippen LogP) is 3.77. The van der Waals surface area contributed by atoms with Gasteiger partial charge in [0.15, 0.2) is 12.4 Å². The molecular weight excluding hydrogens is 414 g/mol. The van der Waals surface area contributed by atoms with Crippen LogP contribution in [0, 0.1) is 11.3 Å². The summed E-state index contributed by atoms with van der Waals surface area (Å²) in [5.41, 5.74) is 2.24. The third kappa shape index (κ3) is 6.73. The lowest BCUT2D eigenvalue weighted by molar-refractivity contribution is -0.137. The van der Waals surface area contributed by atoms with Crippen molar-refractivity contribution in [1.29, 1.82) is 5.26 Å². The number of thioether (sulfide) groups is 1. The Morgan fingerprint density at radius 2 is 1.84 bits per heavy atom. The van der Waals surface area contributed by atoms with E-state index in [9.17, 15) is 19.6 Å². The third-order valence-electron chi connectivity index (χ3n) is 4.23. The van der Waals surface area contributed by atoms with Crippen LogP contribution in [0.1, 0.15) is 22.8 Å². The van der Waals surface area contributed by atoms with E-state index < -0.39 is 18.4 Å². The lowest BCUT2D eigenvalue weighted by Gasteiger charge is -2.12. The van der Waals surface area contributed by atoms with E-state index in [1.54, 1.807) is 24.3 Å². The number of esters is 1. The SMILES string of the molecule is CSc1ccc(C(=O)COC(=O)/C(C#N)=C/c2ccc(N(C)C)cc2)cc1NC(C)=O. The molecule has 31 heavy (non-hydrogen) atoms. The summed E-state index contributed by atoms with van der Waals surface area (Å²) in [5.74, 6) is -1.58. The molecule has 0 aliphatic rings. The largest absolute Gasteiger partial charge is 0.453 e. The molecule has 0 spiro atoms. The number of amides is 1. The van der Waals surface area contributed by atoms with Gasteiger partial charge in [0.25, 0.3) is 0 Å². The average molecular weight is 438 g/mol. The van der Waals surface area contributed by atoms with Crippen LogP contribution in [0.4, 0.5) is 11.4 Å². The number of carbonyl (C=O) groups is 3. The number of nitriles is 1. The first-order valence-corrected chi connectivity index (χ1v) is 10.5. The predicted molar refractivity (Wildman–Crippen MR) is 122 cm³/mol. The highest BCUT2D eigenvalue weighted by Gasteiger charge is 2.16. The van der Waals surface area contributed by atoms with Crippen LogP contribution in [-0.4, -0.2) is 44.6 Å². The summed E-state index contributed by atoms with van der Waals surface area (Å²) in [6.07, 6.45) is 3.27. The van der Waals surface area contributed by atoms with Crippen molar-refractivity contribution in [2.75, 3.05) is 37.2 Å². The first-order chi connectivity index (χ1) is 14.7. The normalized spacial score (nSPS) is 10.7. The Hall–Kier alpha value is -3.57. The first-order valence-electron chi connectivity index (χ1n) is 9.30. The van der Waals surface area contributed by atoms with Gasteiger partial charge in [-0.2, -0.15) is 5.26 Å². The fraction of sp³-hybridized carbons (Fsp3) is 0.217. The van der Waals surface area contributed by atoms with Crippen LogP contribution in [0.5, 0.6) is 0 Å². The van der Waals surface area contributed by atoms with E-state index in [2.05, 4.69) is 5.32 Å². The summed E-state index contributed by atoms with van der Waals surface area (Å²) in [6, 6.07) is 13.9. The van der Waals surface area contributed by atoms with Crippen molar-refractivity contribution < 1.29 is 19.1 Å². The molecule has 0 aliphatic carbocycles. The minimum absolute atomic E-state index is 0.206. The monoisotopic (exact) mass is 437 g/mol. The number of benzene rings is 2. The molecule has 8 heteroatoms. The molecule has 0 saturated carbocycles. The molecule has 0 bridgehead atoms. The molecule has 0 fully saturated rings. The van der Waals surface area contributed by atoms with Crippen LogP contribution in [-0.2, 0) is 14.3 Å². The molecule has 160 valence electrons. The molecule has 0 unspecified atom stereocenters. The average Bonchev–Trinajstić information content (AvgIpc) is 2.75. The second kappa shape index (κ2) is 11.0. The lowest BCUT2D eigenvalue weighted by Crippen LogP contribution is -2.16. The quantitative estimate of drug-likeness (QED) is 0.221. The van der Waals surface area contributed by atoms with E-state index >= 15 is 0 Å². The highest BCUT2D eigenvalue weighted by Crippen LogP contribution is 2.26. The van der Waals surface area contributed by atoms with E-state index in [4.69, 9.17) is 4.74 Å². The standard InChI is InChI=1S/C23H23N3O4S/c1-15(27)25-20-12-17(7-10-22(20)31-4)21(28)14-30-23(29)18(13-24)11-16-5-8-19(9-6-16)26(2)3/h5-12H,14H2,1-4H3,(H,25,27)/b18-11+. The molecule has 2 aromatic carbocycles. The van der Waals surface area contributed by atoms with E-state index in [1.165, 1.54) is 30.8 Å². The van der Waals surface area contributed by atoms with Gasteiger partial charge in [-0.15, -0.1) is 11.8 Å². The molecule has 0 heterocycles. The van der Waals surface area contributed by atoms with Gasteiger partial charge in [0, 0.05) is 37.2 Å². The van der Waals surface area contributed by atoms with Crippen LogP contribution in [0.15, 0.2) is 52.9 Å². The van der Waals surface area contributed by atoms with Gasteiger partial charge in [-0.05, 0) is 42.2 Å². The maximum Gasteiger partial charge on any atom is 0.349 e. The first kappa shape index (κ1) is 23.7. The highest BCUT2D eigenvalue weighted by molar-refractivity contribution is 7.98. The van der Waals surface area contributed by atoms with Crippen LogP contribution in [0.3, 0.4) is 0 Å². The molecule has 2 aromatic rings. The molecule has 0 aromatic heterocycles. The number of rotatable bonds is 8. The number of hydrogen-bond donors (Lipinski definition) is 1. The van der Waals surface area contributed by atoms with Crippen molar-refractivity contribution in [2.45, 2.75) is 11.8 Å². The molecule has 7 nitrogen and oxygen atoms in total. The Morgan fingerprint density at radius 1 is 1.16 bits per heavy atom. The van der Waals surface area contributed by atoms with Crippen molar-refractivity contribution in [3.05, 3.63) is 59.2 Å². The summed E-state index contributed by atoms with van der Waals surface area (Å²) < 4.78 is 5.04. The number of hydrogen-bond acceptors (Lipinski definition) is 7. The summed E-state index contributed by atoms with van der Waals surface area (Å²) in [4.78, 5) is 38.8. The summed E-state index contributed by atoms with van der Waals surface area (Å²) in [5, 5.41) is 12.0. The van der Waals surface area contributed by atoms with Gasteiger partial charge in [-0.3, -0.25) is 9.59 Å². The van der Waals surface area contributed by atoms with E-state index in [0.29, 0.717) is 11.3 Å². The molecule has 0 radical (unpaired) electrons. The highest BCUT2D eigenvalue weighted by atomic mass is 32.2. The van der Waals surface area contributed by atoms with Gasteiger partial charge in [-0.25, -0.2) is 4.79 Å². The topological polar surface area (TPSA) is 99.5 Å². The van der Waals surface area contributed by atoms with Gasteiger partial charge >= 0.3 is 5.97 Å². The number of anilines is 2. The summed E-state index contributed by atoms with van der Waals surface area (Å²) in [7, 11) is 3.82. The molecule has 1 amide bonds. The zero-order valence-electron chi connectivity index (χ0n) is 17.8. The molecule has 0 atom stereocenters. The zero-order chi connectivity index (χ0) is 23.0. The number of Topliss-reactive ketones (excluding diaryl/α,β-unsaturated/α-hetero) is 1. The minimum atomic E-state index is -0.879. The van der Waals surface area contributed by atoms with Crippen molar-refractivity contribution in [3.8, 4) is 6.07 Å². The van der Waals surface area contributed by atoms with Gasteiger partial charge < -0.3 is 15.0 Å². The van der Waals surface area contributed by atoms with Gasteiger partial charge in [-0.1, -0.05) is 18.2 Å². The van der Waals surface area contributed by atoms with Gasteiger partial charge in [0.2, 0.25) is 5.91 Å². The van der Waals surface area contributed by atoms with Crippen LogP contribution in [0.25, 0.3) is 6.08 Å².